The molecular formula is C17H21N5O2. The first-order chi connectivity index (χ1) is 11.7. The number of carbonyl (C=O) groups is 1. The molecule has 1 aromatic heterocycles. The van der Waals surface area contributed by atoms with Gasteiger partial charge >= 0.3 is 0 Å². The van der Waals surface area contributed by atoms with Crippen molar-refractivity contribution >= 4 is 11.6 Å². The van der Waals surface area contributed by atoms with Crippen molar-refractivity contribution in [3.05, 3.63) is 35.7 Å². The van der Waals surface area contributed by atoms with Crippen LogP contribution in [-0.4, -0.2) is 47.1 Å². The molecule has 126 valence electrons. The van der Waals surface area contributed by atoms with Gasteiger partial charge in [0.25, 0.3) is 5.91 Å². The van der Waals surface area contributed by atoms with Gasteiger partial charge in [0.2, 0.25) is 0 Å². The second-order valence-corrected chi connectivity index (χ2v) is 6.34. The lowest BCUT2D eigenvalue weighted by Crippen LogP contribution is -2.38. The molecule has 2 aliphatic rings. The zero-order chi connectivity index (χ0) is 16.5. The number of anilines is 1. The smallest absolute Gasteiger partial charge is 0.280 e. The molecule has 2 aliphatic heterocycles. The number of nitrogens with zero attached hydrogens (tertiary/aromatic N) is 4. The van der Waals surface area contributed by atoms with E-state index in [2.05, 4.69) is 15.6 Å². The molecule has 3 heterocycles. The standard InChI is InChI=1S/C17H21N5O2/c1-12-2-3-15-16(10-12)24-9-8-21(15)17(23)14-11-22(20-19-14)13-4-6-18-7-5-13/h2-3,10-11,13,18H,4-9H2,1H3. The van der Waals surface area contributed by atoms with Gasteiger partial charge in [-0.1, -0.05) is 11.3 Å². The Hall–Kier alpha value is -2.41. The predicted octanol–water partition coefficient (Wildman–Crippen LogP) is 1.55. The second-order valence-electron chi connectivity index (χ2n) is 6.34. The number of hydrogen-bond donors (Lipinski definition) is 1. The van der Waals surface area contributed by atoms with Crippen molar-refractivity contribution in [2.45, 2.75) is 25.8 Å². The van der Waals surface area contributed by atoms with Crippen molar-refractivity contribution in [3.63, 3.8) is 0 Å². The molecule has 0 bridgehead atoms. The molecule has 0 unspecified atom stereocenters. The fraction of sp³-hybridized carbons (Fsp3) is 0.471. The summed E-state index contributed by atoms with van der Waals surface area (Å²) in [7, 11) is 0. The molecule has 2 aromatic rings. The maximum atomic E-state index is 12.9. The van der Waals surface area contributed by atoms with Crippen molar-refractivity contribution in [1.29, 1.82) is 0 Å². The third kappa shape index (κ3) is 2.75. The summed E-state index contributed by atoms with van der Waals surface area (Å²) in [5, 5.41) is 11.6. The first-order valence-corrected chi connectivity index (χ1v) is 8.40. The molecule has 7 nitrogen and oxygen atoms in total. The Morgan fingerprint density at radius 2 is 2.17 bits per heavy atom. The van der Waals surface area contributed by atoms with E-state index in [-0.39, 0.29) is 5.91 Å². The highest BCUT2D eigenvalue weighted by atomic mass is 16.5. The molecule has 1 fully saturated rings. The lowest BCUT2D eigenvalue weighted by atomic mass is 10.1. The van der Waals surface area contributed by atoms with Gasteiger partial charge < -0.3 is 10.1 Å². The van der Waals surface area contributed by atoms with Crippen molar-refractivity contribution in [3.8, 4) is 5.75 Å². The van der Waals surface area contributed by atoms with Gasteiger partial charge in [-0.15, -0.1) is 5.10 Å². The Morgan fingerprint density at radius 3 is 3.00 bits per heavy atom. The lowest BCUT2D eigenvalue weighted by Gasteiger charge is -2.29. The number of carbonyl (C=O) groups excluding carboxylic acids is 1. The minimum Gasteiger partial charge on any atom is -0.490 e. The van der Waals surface area contributed by atoms with Crippen molar-refractivity contribution in [1.82, 2.24) is 20.3 Å². The molecule has 0 aliphatic carbocycles. The average molecular weight is 327 g/mol. The number of ether oxygens (including phenoxy) is 1. The van der Waals surface area contributed by atoms with Gasteiger partial charge in [0.15, 0.2) is 5.69 Å². The summed E-state index contributed by atoms with van der Waals surface area (Å²) < 4.78 is 7.52. The van der Waals surface area contributed by atoms with Gasteiger partial charge in [-0.2, -0.15) is 0 Å². The summed E-state index contributed by atoms with van der Waals surface area (Å²) in [6.45, 7) is 4.97. The van der Waals surface area contributed by atoms with E-state index < -0.39 is 0 Å². The maximum absolute atomic E-state index is 12.9. The third-order valence-corrected chi connectivity index (χ3v) is 4.64. The van der Waals surface area contributed by atoms with Crippen LogP contribution in [0.2, 0.25) is 0 Å². The first-order valence-electron chi connectivity index (χ1n) is 8.40. The molecule has 7 heteroatoms. The Balaban J connectivity index is 1.57. The van der Waals surface area contributed by atoms with Crippen LogP contribution in [0.4, 0.5) is 5.69 Å². The number of aromatic nitrogens is 3. The summed E-state index contributed by atoms with van der Waals surface area (Å²) in [5.41, 5.74) is 2.30. The van der Waals surface area contributed by atoms with Gasteiger partial charge in [0.1, 0.15) is 12.4 Å². The van der Waals surface area contributed by atoms with Crippen molar-refractivity contribution in [2.24, 2.45) is 0 Å². The second kappa shape index (κ2) is 6.24. The topological polar surface area (TPSA) is 72.3 Å². The van der Waals surface area contributed by atoms with E-state index >= 15 is 0 Å². The summed E-state index contributed by atoms with van der Waals surface area (Å²) in [5.74, 6) is 0.629. The SMILES string of the molecule is Cc1ccc2c(c1)OCCN2C(=O)c1cn(C2CCNCC2)nn1. The zero-order valence-electron chi connectivity index (χ0n) is 13.7. The molecule has 0 radical (unpaired) electrons. The maximum Gasteiger partial charge on any atom is 0.280 e. The number of piperidine rings is 1. The Kier molecular flexibility index (Phi) is 3.93. The van der Waals surface area contributed by atoms with Crippen LogP contribution in [0.3, 0.4) is 0 Å². The normalized spacial score (nSPS) is 18.1. The molecule has 4 rings (SSSR count). The molecule has 0 atom stereocenters. The van der Waals surface area contributed by atoms with Crippen LogP contribution < -0.4 is 15.0 Å². The van der Waals surface area contributed by atoms with E-state index in [1.54, 1.807) is 11.1 Å². The number of rotatable bonds is 2. The highest BCUT2D eigenvalue weighted by molar-refractivity contribution is 6.05. The third-order valence-electron chi connectivity index (χ3n) is 4.64. The van der Waals surface area contributed by atoms with Gasteiger partial charge in [-0.05, 0) is 50.6 Å². The van der Waals surface area contributed by atoms with Crippen molar-refractivity contribution in [2.75, 3.05) is 31.1 Å². The minimum absolute atomic E-state index is 0.122. The number of nitrogens with one attached hydrogen (secondary N) is 1. The average Bonchev–Trinajstić information content (AvgIpc) is 3.11. The van der Waals surface area contributed by atoms with Crippen LogP contribution in [0.25, 0.3) is 0 Å². The number of fused-ring (bicyclic) bond motifs is 1. The molecule has 1 saturated heterocycles. The molecule has 1 aromatic carbocycles. The van der Waals surface area contributed by atoms with Crippen LogP contribution >= 0.6 is 0 Å². The summed E-state index contributed by atoms with van der Waals surface area (Å²) in [6, 6.07) is 6.19. The quantitative estimate of drug-likeness (QED) is 0.906. The molecule has 1 N–H and O–H groups in total. The van der Waals surface area contributed by atoms with Crippen LogP contribution in [0.15, 0.2) is 24.4 Å². The molecular weight excluding hydrogens is 306 g/mol. The lowest BCUT2D eigenvalue weighted by molar-refractivity contribution is 0.0971. The van der Waals surface area contributed by atoms with Crippen LogP contribution in [0, 0.1) is 6.92 Å². The summed E-state index contributed by atoms with van der Waals surface area (Å²) in [6.07, 6.45) is 3.80. The molecule has 24 heavy (non-hydrogen) atoms. The zero-order valence-corrected chi connectivity index (χ0v) is 13.7. The number of benzene rings is 1. The van der Waals surface area contributed by atoms with E-state index in [0.717, 1.165) is 42.9 Å². The monoisotopic (exact) mass is 327 g/mol. The Labute approximate surface area is 140 Å². The molecule has 1 amide bonds. The van der Waals surface area contributed by atoms with E-state index in [9.17, 15) is 4.79 Å². The summed E-state index contributed by atoms with van der Waals surface area (Å²) in [4.78, 5) is 14.6. The van der Waals surface area contributed by atoms with Crippen molar-refractivity contribution < 1.29 is 9.53 Å². The van der Waals surface area contributed by atoms with Gasteiger partial charge in [-0.3, -0.25) is 9.69 Å². The number of aryl methyl sites for hydroxylation is 1. The number of amides is 1. The van der Waals surface area contributed by atoms with E-state index in [0.29, 0.717) is 24.9 Å². The summed E-state index contributed by atoms with van der Waals surface area (Å²) >= 11 is 0. The fourth-order valence-electron chi connectivity index (χ4n) is 3.30. The van der Waals surface area contributed by atoms with Gasteiger partial charge in [-0.25, -0.2) is 4.68 Å². The molecule has 0 spiro atoms. The van der Waals surface area contributed by atoms with E-state index in [1.807, 2.05) is 29.8 Å². The van der Waals surface area contributed by atoms with Crippen LogP contribution in [0.1, 0.15) is 34.9 Å². The van der Waals surface area contributed by atoms with Gasteiger partial charge in [0.05, 0.1) is 24.5 Å². The highest BCUT2D eigenvalue weighted by Gasteiger charge is 2.27. The van der Waals surface area contributed by atoms with Gasteiger partial charge in [0, 0.05) is 0 Å². The van der Waals surface area contributed by atoms with E-state index in [1.165, 1.54) is 0 Å². The van der Waals surface area contributed by atoms with Crippen LogP contribution in [0.5, 0.6) is 5.75 Å². The minimum atomic E-state index is -0.122. The Morgan fingerprint density at radius 1 is 1.33 bits per heavy atom. The highest BCUT2D eigenvalue weighted by Crippen LogP contribution is 2.33. The number of hydrogen-bond acceptors (Lipinski definition) is 5. The predicted molar refractivity (Wildman–Crippen MR) is 89.5 cm³/mol. The Bertz CT molecular complexity index is 751. The van der Waals surface area contributed by atoms with E-state index in [4.69, 9.17) is 4.74 Å². The van der Waals surface area contributed by atoms with Crippen LogP contribution in [-0.2, 0) is 0 Å². The first kappa shape index (κ1) is 15.1. The largest absolute Gasteiger partial charge is 0.490 e. The fourth-order valence-corrected chi connectivity index (χ4v) is 3.30. The molecule has 0 saturated carbocycles.